The van der Waals surface area contributed by atoms with Crippen LogP contribution in [-0.4, -0.2) is 32.4 Å². The first kappa shape index (κ1) is 11.5. The van der Waals surface area contributed by atoms with Crippen LogP contribution in [0.4, 0.5) is 0 Å². The molecule has 0 aromatic carbocycles. The summed E-state index contributed by atoms with van der Waals surface area (Å²) in [5.74, 6) is 0. The second kappa shape index (κ2) is 3.99. The third kappa shape index (κ3) is 2.11. The molecule has 1 aromatic heterocycles. The van der Waals surface area contributed by atoms with Crippen molar-refractivity contribution in [3.05, 3.63) is 17.3 Å². The van der Waals surface area contributed by atoms with Crippen LogP contribution in [0.2, 0.25) is 0 Å². The molecule has 3 rings (SSSR count). The molecule has 3 N–H and O–H groups in total. The van der Waals surface area contributed by atoms with Gasteiger partial charge in [0.15, 0.2) is 0 Å². The Kier molecular flexibility index (Phi) is 2.71. The van der Waals surface area contributed by atoms with E-state index in [1.807, 2.05) is 6.08 Å². The lowest BCUT2D eigenvalue weighted by molar-refractivity contribution is 0.469. The van der Waals surface area contributed by atoms with Crippen LogP contribution >= 0.6 is 23.3 Å². The molecule has 0 atom stereocenters. The maximum Gasteiger partial charge on any atom is 0.247 e. The number of primary sulfonamides is 1. The zero-order valence-electron chi connectivity index (χ0n) is 8.84. The number of nitrogens with two attached hydrogens (primary N) is 1. The van der Waals surface area contributed by atoms with E-state index in [2.05, 4.69) is 9.62 Å². The van der Waals surface area contributed by atoms with Crippen LogP contribution in [0.1, 0.15) is 5.56 Å². The van der Waals surface area contributed by atoms with Gasteiger partial charge in [-0.2, -0.15) is 0 Å². The van der Waals surface area contributed by atoms with E-state index >= 15 is 0 Å². The molecule has 0 bridgehead atoms. The Hall–Kier alpha value is -0.540. The fourth-order valence-corrected chi connectivity index (χ4v) is 5.11. The van der Waals surface area contributed by atoms with Crippen LogP contribution in [0.3, 0.4) is 0 Å². The van der Waals surface area contributed by atoms with Crippen molar-refractivity contribution in [1.29, 1.82) is 0 Å². The third-order valence-corrected chi connectivity index (χ3v) is 6.49. The molecule has 3 heterocycles. The van der Waals surface area contributed by atoms with Gasteiger partial charge in [-0.05, 0) is 24.1 Å². The van der Waals surface area contributed by atoms with Crippen molar-refractivity contribution in [3.8, 4) is 0 Å². The fraction of sp³-hybridized carbons (Fsp3) is 0.333. The summed E-state index contributed by atoms with van der Waals surface area (Å²) in [4.78, 5) is 0. The highest BCUT2D eigenvalue weighted by molar-refractivity contribution is 7.99. The van der Waals surface area contributed by atoms with Gasteiger partial charge in [0.1, 0.15) is 4.21 Å². The highest BCUT2D eigenvalue weighted by Crippen LogP contribution is 2.42. The van der Waals surface area contributed by atoms with Gasteiger partial charge in [-0.3, -0.25) is 0 Å². The largest absolute Gasteiger partial charge is 0.313 e. The molecule has 2 aliphatic rings. The summed E-state index contributed by atoms with van der Waals surface area (Å²) in [5.41, 5.74) is 2.14. The minimum Gasteiger partial charge on any atom is -0.313 e. The normalized spacial score (nSPS) is 19.6. The summed E-state index contributed by atoms with van der Waals surface area (Å²) in [6, 6.07) is 1.65. The number of hydrogen-bond donors (Lipinski definition) is 2. The van der Waals surface area contributed by atoms with Gasteiger partial charge in [-0.15, -0.1) is 11.3 Å². The number of thiophene rings is 1. The molecule has 1 saturated heterocycles. The number of fused-ring (bicyclic) bond motifs is 2. The van der Waals surface area contributed by atoms with E-state index < -0.39 is 10.0 Å². The Labute approximate surface area is 108 Å². The fourth-order valence-electron chi connectivity index (χ4n) is 1.81. The molecule has 1 fully saturated rings. The third-order valence-electron chi connectivity index (χ3n) is 2.62. The van der Waals surface area contributed by atoms with E-state index in [9.17, 15) is 8.42 Å². The van der Waals surface area contributed by atoms with E-state index in [0.717, 1.165) is 29.4 Å². The van der Waals surface area contributed by atoms with Gasteiger partial charge in [0.25, 0.3) is 0 Å². The van der Waals surface area contributed by atoms with Gasteiger partial charge in [0.05, 0.1) is 4.21 Å². The van der Waals surface area contributed by atoms with Gasteiger partial charge in [0.2, 0.25) is 10.0 Å². The monoisotopic (exact) mass is 289 g/mol. The first-order chi connectivity index (χ1) is 8.04. The van der Waals surface area contributed by atoms with Gasteiger partial charge in [-0.25, -0.2) is 13.6 Å². The van der Waals surface area contributed by atoms with E-state index in [1.54, 1.807) is 18.0 Å². The summed E-state index contributed by atoms with van der Waals surface area (Å²) in [6.07, 6.45) is 2.03. The number of rotatable bonds is 1. The molecule has 0 saturated carbocycles. The Morgan fingerprint density at radius 3 is 3.06 bits per heavy atom. The van der Waals surface area contributed by atoms with Crippen molar-refractivity contribution in [3.63, 3.8) is 0 Å². The van der Waals surface area contributed by atoms with Crippen LogP contribution in [0.15, 0.2) is 20.2 Å². The number of piperazine rings is 1. The lowest BCUT2D eigenvalue weighted by Gasteiger charge is -2.33. The molecule has 8 heteroatoms. The summed E-state index contributed by atoms with van der Waals surface area (Å²) in [5, 5.41) is 8.43. The highest BCUT2D eigenvalue weighted by atomic mass is 32.3. The standard InChI is InChI=1S/C9H11N3O2S3/c10-17(13,14)8-4-6-3-7-5-11-1-2-12(7)16-9(6)15-8/h3-4,11H,1-2,5H2,(H2,10,13,14). The van der Waals surface area contributed by atoms with Gasteiger partial charge < -0.3 is 9.62 Å². The topological polar surface area (TPSA) is 75.4 Å². The molecule has 0 spiro atoms. The average molecular weight is 289 g/mol. The van der Waals surface area contributed by atoms with Crippen molar-refractivity contribution >= 4 is 39.4 Å². The van der Waals surface area contributed by atoms with Gasteiger partial charge in [0, 0.05) is 30.9 Å². The summed E-state index contributed by atoms with van der Waals surface area (Å²) < 4.78 is 26.0. The van der Waals surface area contributed by atoms with E-state index in [0.29, 0.717) is 0 Å². The lowest BCUT2D eigenvalue weighted by Crippen LogP contribution is -2.38. The summed E-state index contributed by atoms with van der Waals surface area (Å²) in [6.45, 7) is 2.71. The molecule has 0 radical (unpaired) electrons. The van der Waals surface area contributed by atoms with Crippen molar-refractivity contribution in [2.75, 3.05) is 19.6 Å². The zero-order valence-corrected chi connectivity index (χ0v) is 11.3. The van der Waals surface area contributed by atoms with Crippen LogP contribution in [0.25, 0.3) is 6.08 Å². The molecule has 1 aromatic rings. The Morgan fingerprint density at radius 2 is 2.29 bits per heavy atom. The highest BCUT2D eigenvalue weighted by Gasteiger charge is 2.25. The molecule has 0 unspecified atom stereocenters. The van der Waals surface area contributed by atoms with Crippen LogP contribution in [0, 0.1) is 0 Å². The molecular weight excluding hydrogens is 278 g/mol. The number of sulfonamides is 1. The van der Waals surface area contributed by atoms with Crippen LogP contribution in [-0.2, 0) is 10.0 Å². The predicted molar refractivity (Wildman–Crippen MR) is 69.1 cm³/mol. The summed E-state index contributed by atoms with van der Waals surface area (Å²) in [7, 11) is -3.59. The minimum absolute atomic E-state index is 0.236. The maximum absolute atomic E-state index is 11.3. The van der Waals surface area contributed by atoms with Crippen molar-refractivity contribution in [2.24, 2.45) is 5.14 Å². The van der Waals surface area contributed by atoms with Gasteiger partial charge in [-0.1, -0.05) is 0 Å². The molecule has 92 valence electrons. The first-order valence-corrected chi connectivity index (χ1v) is 8.21. The summed E-state index contributed by atoms with van der Waals surface area (Å²) >= 11 is 2.84. The molecular formula is C9H11N3O2S3. The predicted octanol–water partition coefficient (Wildman–Crippen LogP) is 0.662. The molecule has 17 heavy (non-hydrogen) atoms. The second-order valence-electron chi connectivity index (χ2n) is 3.86. The molecule has 2 aliphatic heterocycles. The van der Waals surface area contributed by atoms with Gasteiger partial charge >= 0.3 is 0 Å². The van der Waals surface area contributed by atoms with Crippen LogP contribution in [0.5, 0.6) is 0 Å². The number of hydrogen-bond acceptors (Lipinski definition) is 6. The van der Waals surface area contributed by atoms with E-state index in [1.165, 1.54) is 17.0 Å². The molecule has 0 amide bonds. The number of nitrogens with one attached hydrogen (secondary N) is 1. The molecule has 5 nitrogen and oxygen atoms in total. The van der Waals surface area contributed by atoms with Crippen molar-refractivity contribution < 1.29 is 8.42 Å². The average Bonchev–Trinajstić information content (AvgIpc) is 2.68. The number of nitrogens with zero attached hydrogens (tertiary/aromatic N) is 1. The Bertz CT molecular complexity index is 591. The maximum atomic E-state index is 11.3. The van der Waals surface area contributed by atoms with E-state index in [-0.39, 0.29) is 4.21 Å². The smallest absolute Gasteiger partial charge is 0.247 e. The van der Waals surface area contributed by atoms with E-state index in [4.69, 9.17) is 5.14 Å². The van der Waals surface area contributed by atoms with Crippen molar-refractivity contribution in [2.45, 2.75) is 8.42 Å². The quantitative estimate of drug-likeness (QED) is 0.743. The lowest BCUT2D eigenvalue weighted by atomic mass is 10.2. The van der Waals surface area contributed by atoms with Crippen molar-refractivity contribution in [1.82, 2.24) is 9.62 Å². The SMILES string of the molecule is NS(=O)(=O)c1cc2c(s1)SN1CCNCC1=C2. The first-order valence-electron chi connectivity index (χ1n) is 5.07. The Morgan fingerprint density at radius 1 is 1.47 bits per heavy atom. The zero-order chi connectivity index (χ0) is 12.0. The Balaban J connectivity index is 2.03. The second-order valence-corrected chi connectivity index (χ2v) is 7.99. The molecule has 0 aliphatic carbocycles. The minimum atomic E-state index is -3.59. The van der Waals surface area contributed by atoms with Crippen LogP contribution < -0.4 is 10.5 Å².